The number of ether oxygens (including phenoxy) is 1. The average molecular weight is 306 g/mol. The van der Waals surface area contributed by atoms with Crippen LogP contribution >= 0.6 is 11.3 Å². The number of morpholine rings is 1. The van der Waals surface area contributed by atoms with Gasteiger partial charge in [-0.1, -0.05) is 6.92 Å². The summed E-state index contributed by atoms with van der Waals surface area (Å²) in [5, 5.41) is 10.9. The maximum absolute atomic E-state index is 12.4. The Hall–Kier alpha value is -1.73. The monoisotopic (exact) mass is 306 g/mol. The molecule has 1 fully saturated rings. The number of thiophene rings is 1. The molecule has 2 aromatic heterocycles. The lowest BCUT2D eigenvalue weighted by atomic mass is 10.2. The first-order valence-electron chi connectivity index (χ1n) is 7.12. The van der Waals surface area contributed by atoms with E-state index in [-0.39, 0.29) is 12.0 Å². The number of hydrogen-bond acceptors (Lipinski definition) is 5. The Morgan fingerprint density at radius 1 is 1.62 bits per heavy atom. The predicted octanol–water partition coefficient (Wildman–Crippen LogP) is 2.03. The van der Waals surface area contributed by atoms with Crippen molar-refractivity contribution in [2.75, 3.05) is 19.7 Å². The molecule has 0 bridgehead atoms. The Kier molecular flexibility index (Phi) is 4.31. The molecule has 1 amide bonds. The Bertz CT molecular complexity index is 596. The van der Waals surface area contributed by atoms with Gasteiger partial charge in [0.05, 0.1) is 18.7 Å². The van der Waals surface area contributed by atoms with E-state index < -0.39 is 0 Å². The first kappa shape index (κ1) is 14.2. The Labute approximate surface area is 127 Å². The number of H-pyrrole nitrogens is 1. The molecule has 1 aliphatic rings. The summed E-state index contributed by atoms with van der Waals surface area (Å²) >= 11 is 1.53. The second-order valence-electron chi connectivity index (χ2n) is 5.01. The van der Waals surface area contributed by atoms with Crippen LogP contribution in [0.1, 0.15) is 41.5 Å². The molecule has 6 nitrogen and oxygen atoms in total. The van der Waals surface area contributed by atoms with Gasteiger partial charge >= 0.3 is 0 Å². The van der Waals surface area contributed by atoms with Gasteiger partial charge in [0, 0.05) is 18.3 Å². The van der Waals surface area contributed by atoms with Gasteiger partial charge < -0.3 is 9.64 Å². The minimum Gasteiger partial charge on any atom is -0.366 e. The number of aromatic amines is 1. The molecule has 3 heterocycles. The van der Waals surface area contributed by atoms with Crippen LogP contribution < -0.4 is 0 Å². The number of hydrogen-bond donors (Lipinski definition) is 1. The lowest BCUT2D eigenvalue weighted by Crippen LogP contribution is -2.42. The van der Waals surface area contributed by atoms with Crippen molar-refractivity contribution < 1.29 is 9.53 Å². The van der Waals surface area contributed by atoms with Gasteiger partial charge in [0.15, 0.2) is 5.82 Å². The fourth-order valence-electron chi connectivity index (χ4n) is 2.36. The van der Waals surface area contributed by atoms with Gasteiger partial charge in [-0.15, -0.1) is 0 Å². The van der Waals surface area contributed by atoms with E-state index in [9.17, 15) is 4.79 Å². The summed E-state index contributed by atoms with van der Waals surface area (Å²) in [6.07, 6.45) is 1.64. The van der Waals surface area contributed by atoms with Crippen LogP contribution in [0.15, 0.2) is 16.8 Å². The second kappa shape index (κ2) is 6.36. The van der Waals surface area contributed by atoms with Crippen molar-refractivity contribution >= 4 is 17.2 Å². The molecule has 7 heteroatoms. The van der Waals surface area contributed by atoms with Crippen LogP contribution in [0.5, 0.6) is 0 Å². The number of nitrogens with one attached hydrogen (secondary N) is 1. The van der Waals surface area contributed by atoms with E-state index in [0.717, 1.165) is 24.2 Å². The van der Waals surface area contributed by atoms with Crippen molar-refractivity contribution in [2.45, 2.75) is 25.9 Å². The number of rotatable bonds is 4. The van der Waals surface area contributed by atoms with Gasteiger partial charge in [0.2, 0.25) is 0 Å². The van der Waals surface area contributed by atoms with Crippen LogP contribution in [0.2, 0.25) is 0 Å². The summed E-state index contributed by atoms with van der Waals surface area (Å²) in [6.45, 7) is 3.72. The van der Waals surface area contributed by atoms with Gasteiger partial charge in [-0.05, 0) is 17.9 Å². The quantitative estimate of drug-likeness (QED) is 0.938. The molecule has 3 rings (SSSR count). The molecule has 0 aliphatic carbocycles. The van der Waals surface area contributed by atoms with E-state index in [1.807, 2.05) is 21.7 Å². The average Bonchev–Trinajstić information content (AvgIpc) is 3.18. The molecule has 0 aromatic carbocycles. The van der Waals surface area contributed by atoms with Crippen molar-refractivity contribution in [3.05, 3.63) is 34.0 Å². The maximum atomic E-state index is 12.4. The number of carbonyl (C=O) groups excluding carboxylic acids is 1. The van der Waals surface area contributed by atoms with E-state index in [0.29, 0.717) is 25.5 Å². The van der Waals surface area contributed by atoms with Crippen molar-refractivity contribution in [3.8, 4) is 0 Å². The number of aryl methyl sites for hydroxylation is 1. The second-order valence-corrected chi connectivity index (χ2v) is 5.79. The van der Waals surface area contributed by atoms with E-state index in [1.165, 1.54) is 11.3 Å². The number of nitrogens with zero attached hydrogens (tertiary/aromatic N) is 3. The lowest BCUT2D eigenvalue weighted by molar-refractivity contribution is -0.0266. The summed E-state index contributed by atoms with van der Waals surface area (Å²) in [6, 6.07) is 1.85. The first-order chi connectivity index (χ1) is 10.3. The topological polar surface area (TPSA) is 71.1 Å². The molecule has 1 aliphatic heterocycles. The SMILES string of the molecule is CCCc1nc([C@H]2CN(C(=O)c3ccsc3)CCO2)n[nH]1. The number of aromatic nitrogens is 3. The molecule has 21 heavy (non-hydrogen) atoms. The smallest absolute Gasteiger partial charge is 0.254 e. The molecule has 1 N–H and O–H groups in total. The minimum atomic E-state index is -0.247. The van der Waals surface area contributed by atoms with Crippen LogP contribution in [-0.4, -0.2) is 45.7 Å². The van der Waals surface area contributed by atoms with Crippen molar-refractivity contribution in [2.24, 2.45) is 0 Å². The summed E-state index contributed by atoms with van der Waals surface area (Å²) < 4.78 is 5.72. The molecule has 0 spiro atoms. The van der Waals surface area contributed by atoms with Crippen molar-refractivity contribution in [3.63, 3.8) is 0 Å². The highest BCUT2D eigenvalue weighted by Gasteiger charge is 2.28. The summed E-state index contributed by atoms with van der Waals surface area (Å²) in [7, 11) is 0. The fourth-order valence-corrected chi connectivity index (χ4v) is 2.99. The van der Waals surface area contributed by atoms with Crippen LogP contribution in [0.25, 0.3) is 0 Å². The number of amides is 1. The zero-order valence-electron chi connectivity index (χ0n) is 11.9. The van der Waals surface area contributed by atoms with E-state index >= 15 is 0 Å². The Morgan fingerprint density at radius 2 is 2.52 bits per heavy atom. The van der Waals surface area contributed by atoms with Crippen LogP contribution in [-0.2, 0) is 11.2 Å². The Balaban J connectivity index is 1.69. The van der Waals surface area contributed by atoms with Gasteiger partial charge in [0.25, 0.3) is 5.91 Å². The normalized spacial score (nSPS) is 18.9. The zero-order valence-corrected chi connectivity index (χ0v) is 12.7. The molecule has 0 radical (unpaired) electrons. The third-order valence-corrected chi connectivity index (χ3v) is 4.13. The molecular formula is C14H18N4O2S. The molecule has 112 valence electrons. The molecule has 0 saturated carbocycles. The fraction of sp³-hybridized carbons (Fsp3) is 0.500. The summed E-state index contributed by atoms with van der Waals surface area (Å²) in [5.74, 6) is 1.56. The van der Waals surface area contributed by atoms with Gasteiger partial charge in [0.1, 0.15) is 11.9 Å². The third kappa shape index (κ3) is 3.14. The predicted molar refractivity (Wildman–Crippen MR) is 79.3 cm³/mol. The lowest BCUT2D eigenvalue weighted by Gasteiger charge is -2.31. The van der Waals surface area contributed by atoms with Crippen molar-refractivity contribution in [1.29, 1.82) is 0 Å². The van der Waals surface area contributed by atoms with E-state index in [1.54, 1.807) is 0 Å². The highest BCUT2D eigenvalue weighted by Crippen LogP contribution is 2.21. The molecule has 1 saturated heterocycles. The van der Waals surface area contributed by atoms with Crippen LogP contribution in [0.4, 0.5) is 0 Å². The highest BCUT2D eigenvalue weighted by atomic mass is 32.1. The van der Waals surface area contributed by atoms with Gasteiger partial charge in [-0.3, -0.25) is 9.89 Å². The molecule has 2 aromatic rings. The van der Waals surface area contributed by atoms with Crippen LogP contribution in [0.3, 0.4) is 0 Å². The highest BCUT2D eigenvalue weighted by molar-refractivity contribution is 7.08. The van der Waals surface area contributed by atoms with Gasteiger partial charge in [-0.2, -0.15) is 16.4 Å². The summed E-state index contributed by atoms with van der Waals surface area (Å²) in [5.41, 5.74) is 0.738. The summed E-state index contributed by atoms with van der Waals surface area (Å²) in [4.78, 5) is 18.6. The zero-order chi connectivity index (χ0) is 14.7. The third-order valence-electron chi connectivity index (χ3n) is 3.45. The van der Waals surface area contributed by atoms with Gasteiger partial charge in [-0.25, -0.2) is 4.98 Å². The van der Waals surface area contributed by atoms with Crippen LogP contribution in [0, 0.1) is 0 Å². The Morgan fingerprint density at radius 3 is 3.29 bits per heavy atom. The number of carbonyl (C=O) groups is 1. The van der Waals surface area contributed by atoms with Crippen molar-refractivity contribution in [1.82, 2.24) is 20.1 Å². The largest absolute Gasteiger partial charge is 0.366 e. The first-order valence-corrected chi connectivity index (χ1v) is 8.06. The van der Waals surface area contributed by atoms with E-state index in [2.05, 4.69) is 22.1 Å². The molecule has 0 unspecified atom stereocenters. The minimum absolute atomic E-state index is 0.0499. The molecular weight excluding hydrogens is 288 g/mol. The standard InChI is InChI=1S/C14H18N4O2S/c1-2-3-12-15-13(17-16-12)11-8-18(5-6-20-11)14(19)10-4-7-21-9-10/h4,7,9,11H,2-3,5-6,8H2,1H3,(H,15,16,17)/t11-/m1/s1. The van der Waals surface area contributed by atoms with E-state index in [4.69, 9.17) is 4.74 Å². The maximum Gasteiger partial charge on any atom is 0.254 e. The molecule has 1 atom stereocenters.